The van der Waals surface area contributed by atoms with Gasteiger partial charge >= 0.3 is 0 Å². The summed E-state index contributed by atoms with van der Waals surface area (Å²) in [4.78, 5) is 3.02. The number of nitrogens with zero attached hydrogens (tertiary/aromatic N) is 2. The highest BCUT2D eigenvalue weighted by molar-refractivity contribution is 9.10. The summed E-state index contributed by atoms with van der Waals surface area (Å²) in [5.41, 5.74) is 0. The molecule has 0 fully saturated rings. The molecule has 4 heteroatoms. The fourth-order valence-corrected chi connectivity index (χ4v) is 0.626. The number of hydrogen-bond donors (Lipinski definition) is 0. The smallest absolute Gasteiger partial charge is 0.229 e. The van der Waals surface area contributed by atoms with Gasteiger partial charge in [0.05, 0.1) is 7.21 Å². The van der Waals surface area contributed by atoms with E-state index in [9.17, 15) is 4.39 Å². The van der Waals surface area contributed by atoms with Crippen molar-refractivity contribution in [3.8, 4) is 0 Å². The van der Waals surface area contributed by atoms with Gasteiger partial charge in [-0.15, -0.1) is 0 Å². The van der Waals surface area contributed by atoms with Crippen LogP contribution in [-0.4, -0.2) is 18.9 Å². The molecule has 0 atom stereocenters. The SMILES string of the molecule is [2H]c1c(N(C([2H])([2H])[2H])C([2H])([2H])[2H])nc(F)c(Br)c1[2H]. The first-order valence-corrected chi connectivity index (χ1v) is 3.29. The first-order valence-electron chi connectivity index (χ1n) is 6.50. The van der Waals surface area contributed by atoms with E-state index in [2.05, 4.69) is 20.9 Å². The fourth-order valence-electron chi connectivity index (χ4n) is 0.438. The van der Waals surface area contributed by atoms with Crippen LogP contribution in [0.3, 0.4) is 0 Å². The molecule has 0 N–H and O–H groups in total. The van der Waals surface area contributed by atoms with Crippen molar-refractivity contribution in [2.75, 3.05) is 18.9 Å². The highest BCUT2D eigenvalue weighted by Crippen LogP contribution is 2.16. The molecule has 1 heterocycles. The van der Waals surface area contributed by atoms with Crippen LogP contribution in [0, 0.1) is 5.95 Å². The summed E-state index contributed by atoms with van der Waals surface area (Å²) in [6.45, 7) is -6.30. The number of halogens is 2. The van der Waals surface area contributed by atoms with E-state index in [0.717, 1.165) is 0 Å². The Hall–Kier alpha value is -0.640. The Balaban J connectivity index is 3.58. The minimum Gasteiger partial charge on any atom is -0.363 e. The normalized spacial score (nSPS) is 22.7. The molecule has 0 aromatic carbocycles. The van der Waals surface area contributed by atoms with Gasteiger partial charge in [-0.2, -0.15) is 4.39 Å². The van der Waals surface area contributed by atoms with Gasteiger partial charge in [0.25, 0.3) is 0 Å². The van der Waals surface area contributed by atoms with Crippen LogP contribution < -0.4 is 4.90 Å². The summed E-state index contributed by atoms with van der Waals surface area (Å²) in [6.07, 6.45) is 0. The van der Waals surface area contributed by atoms with Crippen molar-refractivity contribution in [2.24, 2.45) is 0 Å². The van der Waals surface area contributed by atoms with Crippen molar-refractivity contribution in [3.05, 3.63) is 22.5 Å². The lowest BCUT2D eigenvalue weighted by molar-refractivity contribution is 0.576. The van der Waals surface area contributed by atoms with E-state index in [4.69, 9.17) is 11.0 Å². The lowest BCUT2D eigenvalue weighted by Crippen LogP contribution is -2.11. The van der Waals surface area contributed by atoms with Crippen LogP contribution >= 0.6 is 15.9 Å². The van der Waals surface area contributed by atoms with E-state index in [1.165, 1.54) is 0 Å². The Morgan fingerprint density at radius 3 is 3.09 bits per heavy atom. The highest BCUT2D eigenvalue weighted by Gasteiger charge is 2.02. The third-order valence-electron chi connectivity index (χ3n) is 0.881. The summed E-state index contributed by atoms with van der Waals surface area (Å²) in [6, 6.07) is -1.47. The van der Waals surface area contributed by atoms with E-state index < -0.39 is 42.3 Å². The number of pyridine rings is 1. The fraction of sp³-hybridized carbons (Fsp3) is 0.286. The second kappa shape index (κ2) is 3.17. The third kappa shape index (κ3) is 1.89. The van der Waals surface area contributed by atoms with Gasteiger partial charge < -0.3 is 4.90 Å². The van der Waals surface area contributed by atoms with Crippen molar-refractivity contribution >= 4 is 21.7 Å². The number of hydrogen-bond acceptors (Lipinski definition) is 2. The van der Waals surface area contributed by atoms with Crippen LogP contribution in [0.4, 0.5) is 10.2 Å². The van der Waals surface area contributed by atoms with Crippen molar-refractivity contribution in [1.29, 1.82) is 0 Å². The molecule has 0 aliphatic carbocycles. The topological polar surface area (TPSA) is 16.1 Å². The quantitative estimate of drug-likeness (QED) is 0.682. The van der Waals surface area contributed by atoms with Crippen LogP contribution in [-0.2, 0) is 0 Å². The summed E-state index contributed by atoms with van der Waals surface area (Å²) in [5, 5.41) is 0. The zero-order valence-electron chi connectivity index (χ0n) is 13.2. The maximum atomic E-state index is 13.4. The predicted molar refractivity (Wildman–Crippen MR) is 46.2 cm³/mol. The van der Waals surface area contributed by atoms with Crippen LogP contribution in [0.1, 0.15) is 11.0 Å². The molecule has 1 aromatic rings. The molecule has 0 saturated carbocycles. The average molecular weight is 227 g/mol. The summed E-state index contributed by atoms with van der Waals surface area (Å²) < 4.78 is 70.8. The molecule has 0 aliphatic heterocycles. The molecular formula is C7H8BrFN2. The largest absolute Gasteiger partial charge is 0.363 e. The Morgan fingerprint density at radius 1 is 1.73 bits per heavy atom. The van der Waals surface area contributed by atoms with Gasteiger partial charge in [0.15, 0.2) is 0 Å². The standard InChI is InChI=1S/C7H8BrFN2/c1-11(2)6-4-3-5(8)7(9)10-6/h3-4H,1-2H3/i1D3,2D3,3D,4D. The molecule has 11 heavy (non-hydrogen) atoms. The van der Waals surface area contributed by atoms with Crippen molar-refractivity contribution in [2.45, 2.75) is 0 Å². The predicted octanol–water partition coefficient (Wildman–Crippen LogP) is 2.05. The average Bonchev–Trinajstić information content (AvgIpc) is 2.19. The van der Waals surface area contributed by atoms with Crippen molar-refractivity contribution in [3.63, 3.8) is 0 Å². The van der Waals surface area contributed by atoms with Gasteiger partial charge in [-0.05, 0) is 28.0 Å². The van der Waals surface area contributed by atoms with E-state index >= 15 is 0 Å². The number of anilines is 1. The van der Waals surface area contributed by atoms with Crippen molar-refractivity contribution in [1.82, 2.24) is 4.98 Å². The highest BCUT2D eigenvalue weighted by atomic mass is 79.9. The molecule has 0 spiro atoms. The second-order valence-corrected chi connectivity index (χ2v) is 2.42. The van der Waals surface area contributed by atoms with Crippen LogP contribution in [0.2, 0.25) is 0 Å². The summed E-state index contributed by atoms with van der Waals surface area (Å²) >= 11 is 2.67. The number of aromatic nitrogens is 1. The zero-order chi connectivity index (χ0) is 15.2. The molecule has 60 valence electrons. The van der Waals surface area contributed by atoms with E-state index in [0.29, 0.717) is 0 Å². The minimum absolute atomic E-state index is 0.129. The molecule has 0 saturated heterocycles. The second-order valence-electron chi connectivity index (χ2n) is 1.63. The Kier molecular flexibility index (Phi) is 0.777. The van der Waals surface area contributed by atoms with Gasteiger partial charge in [-0.3, -0.25) is 0 Å². The molecule has 0 aliphatic rings. The molecule has 2 nitrogen and oxygen atoms in total. The molecule has 1 aromatic heterocycles. The molecule has 0 radical (unpaired) electrons. The first kappa shape index (κ1) is 2.69. The molecule has 0 bridgehead atoms. The maximum Gasteiger partial charge on any atom is 0.229 e. The van der Waals surface area contributed by atoms with Gasteiger partial charge in [0, 0.05) is 22.2 Å². The molecule has 0 unspecified atom stereocenters. The van der Waals surface area contributed by atoms with Crippen LogP contribution in [0.25, 0.3) is 0 Å². The third-order valence-corrected chi connectivity index (χ3v) is 1.41. The number of rotatable bonds is 1. The maximum absolute atomic E-state index is 13.4. The summed E-state index contributed by atoms with van der Waals surface area (Å²) in [5.74, 6) is -2.18. The van der Waals surface area contributed by atoms with E-state index in [1.807, 2.05) is 0 Å². The first-order chi connectivity index (χ1) is 8.37. The lowest BCUT2D eigenvalue weighted by Gasteiger charge is -2.10. The van der Waals surface area contributed by atoms with Crippen LogP contribution in [0.15, 0.2) is 16.6 Å². The van der Waals surface area contributed by atoms with Crippen LogP contribution in [0.5, 0.6) is 0 Å². The molecule has 0 amide bonds. The Bertz CT molecular complexity index is 485. The van der Waals surface area contributed by atoms with Gasteiger partial charge in [-0.1, -0.05) is 0 Å². The van der Waals surface area contributed by atoms with E-state index in [1.54, 1.807) is 0 Å². The van der Waals surface area contributed by atoms with Gasteiger partial charge in [0.1, 0.15) is 5.82 Å². The zero-order valence-corrected chi connectivity index (χ0v) is 6.74. The Labute approximate surface area is 84.4 Å². The van der Waals surface area contributed by atoms with E-state index in [-0.39, 0.29) is 4.90 Å². The molecule has 1 rings (SSSR count). The minimum atomic E-state index is -3.15. The lowest BCUT2D eigenvalue weighted by atomic mass is 10.4. The Morgan fingerprint density at radius 2 is 2.45 bits per heavy atom. The van der Waals surface area contributed by atoms with Gasteiger partial charge in [-0.25, -0.2) is 4.98 Å². The summed E-state index contributed by atoms with van der Waals surface area (Å²) in [7, 11) is 0. The van der Waals surface area contributed by atoms with Crippen molar-refractivity contribution < 1.29 is 15.4 Å². The molecular weight excluding hydrogens is 211 g/mol. The van der Waals surface area contributed by atoms with Gasteiger partial charge in [0.2, 0.25) is 5.95 Å². The monoisotopic (exact) mass is 226 g/mol.